The van der Waals surface area contributed by atoms with Crippen molar-refractivity contribution in [3.05, 3.63) is 101 Å². The number of para-hydroxylation sites is 1. The van der Waals surface area contributed by atoms with E-state index in [1.165, 1.54) is 5.56 Å². The first kappa shape index (κ1) is 27.5. The molecule has 3 aromatic carbocycles. The van der Waals surface area contributed by atoms with Gasteiger partial charge in [-0.2, -0.15) is 4.98 Å². The van der Waals surface area contributed by atoms with E-state index in [1.807, 2.05) is 12.1 Å². The maximum absolute atomic E-state index is 14.5. The van der Waals surface area contributed by atoms with E-state index in [1.54, 1.807) is 48.5 Å². The average molecular weight is 560 g/mol. The van der Waals surface area contributed by atoms with E-state index in [9.17, 15) is 9.18 Å². The van der Waals surface area contributed by atoms with Crippen LogP contribution in [0, 0.1) is 5.82 Å². The van der Waals surface area contributed by atoms with Gasteiger partial charge in [0.05, 0.1) is 16.9 Å². The molecule has 0 atom stereocenters. The number of aromatic nitrogens is 2. The van der Waals surface area contributed by atoms with Crippen LogP contribution in [0.3, 0.4) is 0 Å². The molecule has 0 unspecified atom stereocenters. The number of amides is 1. The fraction of sp³-hybridized carbons (Fsp3) is 0.233. The van der Waals surface area contributed by atoms with Crippen LogP contribution in [0.1, 0.15) is 28.8 Å². The molecule has 206 valence electrons. The van der Waals surface area contributed by atoms with E-state index in [-0.39, 0.29) is 17.7 Å². The Morgan fingerprint density at radius 3 is 2.40 bits per heavy atom. The molecule has 1 amide bonds. The lowest BCUT2D eigenvalue weighted by atomic mass is 10.0. The third kappa shape index (κ3) is 7.12. The van der Waals surface area contributed by atoms with Gasteiger partial charge >= 0.3 is 0 Å². The van der Waals surface area contributed by atoms with E-state index < -0.39 is 5.82 Å². The number of halogens is 2. The second-order valence-corrected chi connectivity index (χ2v) is 10.2. The van der Waals surface area contributed by atoms with Crippen molar-refractivity contribution in [3.63, 3.8) is 0 Å². The topological polar surface area (TPSA) is 94.2 Å². The number of hydrogen-bond acceptors (Lipinski definition) is 7. The Morgan fingerprint density at radius 2 is 1.68 bits per heavy atom. The minimum Gasteiger partial charge on any atom is -0.338 e. The van der Waals surface area contributed by atoms with Crippen LogP contribution < -0.4 is 21.3 Å². The monoisotopic (exact) mass is 559 g/mol. The van der Waals surface area contributed by atoms with Gasteiger partial charge in [0, 0.05) is 29.5 Å². The Kier molecular flexibility index (Phi) is 8.85. The van der Waals surface area contributed by atoms with Crippen LogP contribution in [0.5, 0.6) is 0 Å². The highest BCUT2D eigenvalue weighted by atomic mass is 35.5. The predicted molar refractivity (Wildman–Crippen MR) is 158 cm³/mol. The molecule has 0 spiro atoms. The summed E-state index contributed by atoms with van der Waals surface area (Å²) in [6.07, 6.45) is 3.44. The standard InChI is InChI=1S/C30H31ClFN7O/c1-39(24-14-16-33-17-15-24)19-20-6-10-23(11-7-20)36-30-34-18-26(32)28(38-30)35-22-12-8-21(9-13-22)29(40)37-27-5-3-2-4-25(27)31/h2-13,18,24,33H,14-17,19H2,1H3,(H,37,40)(H2,34,35,36,38). The second kappa shape index (κ2) is 12.9. The lowest BCUT2D eigenvalue weighted by molar-refractivity contribution is 0.102. The van der Waals surface area contributed by atoms with E-state index in [2.05, 4.69) is 55.3 Å². The molecule has 40 heavy (non-hydrogen) atoms. The lowest BCUT2D eigenvalue weighted by Gasteiger charge is -2.31. The van der Waals surface area contributed by atoms with E-state index in [0.717, 1.165) is 44.4 Å². The second-order valence-electron chi connectivity index (χ2n) is 9.74. The zero-order valence-electron chi connectivity index (χ0n) is 22.1. The molecule has 0 radical (unpaired) electrons. The molecule has 1 aliphatic rings. The van der Waals surface area contributed by atoms with Gasteiger partial charge in [-0.1, -0.05) is 35.9 Å². The highest BCUT2D eigenvalue weighted by Gasteiger charge is 2.17. The molecule has 5 rings (SSSR count). The highest BCUT2D eigenvalue weighted by molar-refractivity contribution is 6.33. The van der Waals surface area contributed by atoms with Crippen molar-refractivity contribution in [2.45, 2.75) is 25.4 Å². The maximum Gasteiger partial charge on any atom is 0.255 e. The Hall–Kier alpha value is -4.05. The van der Waals surface area contributed by atoms with Gasteiger partial charge in [-0.25, -0.2) is 9.37 Å². The quantitative estimate of drug-likeness (QED) is 0.194. The van der Waals surface area contributed by atoms with Crippen LogP contribution in [-0.4, -0.2) is 47.0 Å². The van der Waals surface area contributed by atoms with Crippen LogP contribution in [-0.2, 0) is 6.54 Å². The Labute approximate surface area is 238 Å². The van der Waals surface area contributed by atoms with Crippen molar-refractivity contribution < 1.29 is 9.18 Å². The molecule has 0 bridgehead atoms. The van der Waals surface area contributed by atoms with Gasteiger partial charge in [0.2, 0.25) is 5.95 Å². The van der Waals surface area contributed by atoms with Gasteiger partial charge in [-0.05, 0) is 87.1 Å². The summed E-state index contributed by atoms with van der Waals surface area (Å²) < 4.78 is 14.5. The van der Waals surface area contributed by atoms with Crippen molar-refractivity contribution in [3.8, 4) is 0 Å². The Bertz CT molecular complexity index is 1440. The molecule has 1 aliphatic heterocycles. The zero-order valence-corrected chi connectivity index (χ0v) is 22.9. The minimum atomic E-state index is -0.595. The summed E-state index contributed by atoms with van der Waals surface area (Å²) in [5.74, 6) is -0.615. The normalized spacial score (nSPS) is 13.7. The molecule has 10 heteroatoms. The smallest absolute Gasteiger partial charge is 0.255 e. The average Bonchev–Trinajstić information content (AvgIpc) is 2.98. The van der Waals surface area contributed by atoms with Gasteiger partial charge < -0.3 is 21.3 Å². The van der Waals surface area contributed by atoms with Gasteiger partial charge in [-0.3, -0.25) is 9.69 Å². The number of carbonyl (C=O) groups excluding carboxylic acids is 1. The SMILES string of the molecule is CN(Cc1ccc(Nc2ncc(F)c(Nc3ccc(C(=O)Nc4ccccc4Cl)cc3)n2)cc1)C1CCNCC1. The van der Waals surface area contributed by atoms with Crippen LogP contribution in [0.25, 0.3) is 0 Å². The fourth-order valence-electron chi connectivity index (χ4n) is 4.60. The third-order valence-corrected chi connectivity index (χ3v) is 7.18. The first-order valence-electron chi connectivity index (χ1n) is 13.2. The zero-order chi connectivity index (χ0) is 27.9. The van der Waals surface area contributed by atoms with E-state index in [0.29, 0.717) is 28.0 Å². The maximum atomic E-state index is 14.5. The number of carbonyl (C=O) groups is 1. The molecule has 1 saturated heterocycles. The number of nitrogens with one attached hydrogen (secondary N) is 4. The number of benzene rings is 3. The van der Waals surface area contributed by atoms with Crippen LogP contribution in [0.15, 0.2) is 79.0 Å². The minimum absolute atomic E-state index is 0.0194. The number of rotatable bonds is 9. The van der Waals surface area contributed by atoms with Crippen LogP contribution >= 0.6 is 11.6 Å². The summed E-state index contributed by atoms with van der Waals surface area (Å²) in [5, 5.41) is 12.7. The first-order valence-corrected chi connectivity index (χ1v) is 13.5. The van der Waals surface area contributed by atoms with Gasteiger partial charge in [0.1, 0.15) is 0 Å². The van der Waals surface area contributed by atoms with Gasteiger partial charge in [0.25, 0.3) is 5.91 Å². The van der Waals surface area contributed by atoms with Crippen molar-refractivity contribution in [2.75, 3.05) is 36.1 Å². The van der Waals surface area contributed by atoms with Crippen molar-refractivity contribution in [1.29, 1.82) is 0 Å². The largest absolute Gasteiger partial charge is 0.338 e. The molecule has 0 aliphatic carbocycles. The summed E-state index contributed by atoms with van der Waals surface area (Å²) in [7, 11) is 2.17. The molecule has 8 nitrogen and oxygen atoms in total. The molecule has 0 saturated carbocycles. The number of nitrogens with zero attached hydrogens (tertiary/aromatic N) is 3. The van der Waals surface area contributed by atoms with Crippen LogP contribution in [0.2, 0.25) is 5.02 Å². The van der Waals surface area contributed by atoms with E-state index >= 15 is 0 Å². The molecule has 1 aromatic heterocycles. The fourth-order valence-corrected chi connectivity index (χ4v) is 4.78. The predicted octanol–water partition coefficient (Wildman–Crippen LogP) is 6.19. The van der Waals surface area contributed by atoms with Crippen molar-refractivity contribution in [2.24, 2.45) is 0 Å². The van der Waals surface area contributed by atoms with E-state index in [4.69, 9.17) is 11.6 Å². The molecule has 4 aromatic rings. The van der Waals surface area contributed by atoms with Crippen LogP contribution in [0.4, 0.5) is 33.2 Å². The first-order chi connectivity index (χ1) is 19.4. The summed E-state index contributed by atoms with van der Waals surface area (Å²) in [4.78, 5) is 23.4. The van der Waals surface area contributed by atoms with Crippen molar-refractivity contribution >= 4 is 46.3 Å². The summed E-state index contributed by atoms with van der Waals surface area (Å²) in [5.41, 5.74) is 3.55. The van der Waals surface area contributed by atoms with Gasteiger partial charge in [0.15, 0.2) is 11.6 Å². The highest BCUT2D eigenvalue weighted by Crippen LogP contribution is 2.24. The summed E-state index contributed by atoms with van der Waals surface area (Å²) >= 11 is 6.12. The molecule has 4 N–H and O–H groups in total. The molecular weight excluding hydrogens is 529 g/mol. The molecule has 1 fully saturated rings. The number of piperidine rings is 1. The molecule has 2 heterocycles. The summed E-state index contributed by atoms with van der Waals surface area (Å²) in [6, 6.07) is 22.3. The van der Waals surface area contributed by atoms with Gasteiger partial charge in [-0.15, -0.1) is 0 Å². The third-order valence-electron chi connectivity index (χ3n) is 6.85. The number of hydrogen-bond donors (Lipinski definition) is 4. The Balaban J connectivity index is 1.19. The van der Waals surface area contributed by atoms with Crippen molar-refractivity contribution in [1.82, 2.24) is 20.2 Å². The molecular formula is C30H31ClFN7O. The number of anilines is 5. The lowest BCUT2D eigenvalue weighted by Crippen LogP contribution is -2.40. The summed E-state index contributed by atoms with van der Waals surface area (Å²) in [6.45, 7) is 3.02. The Morgan fingerprint density at radius 1 is 1.00 bits per heavy atom.